The SMILES string of the molecule is N=C(I)/C(I)=N\N. The summed E-state index contributed by atoms with van der Waals surface area (Å²) in [5.41, 5.74) is 0. The molecule has 0 saturated heterocycles. The summed E-state index contributed by atoms with van der Waals surface area (Å²) in [5.74, 6) is 4.81. The van der Waals surface area contributed by atoms with Crippen molar-refractivity contribution >= 4 is 52.6 Å². The second kappa shape index (κ2) is 3.58. The van der Waals surface area contributed by atoms with E-state index in [1.807, 2.05) is 45.2 Å². The van der Waals surface area contributed by atoms with Gasteiger partial charge in [0.05, 0.1) is 0 Å². The molecule has 0 saturated carbocycles. The van der Waals surface area contributed by atoms with Crippen molar-refractivity contribution in [2.24, 2.45) is 10.9 Å². The summed E-state index contributed by atoms with van der Waals surface area (Å²) in [7, 11) is 0. The fourth-order valence-electron chi connectivity index (χ4n) is 0.0567. The predicted octanol–water partition coefficient (Wildman–Crippen LogP) is 1.11. The van der Waals surface area contributed by atoms with Gasteiger partial charge in [-0.25, -0.2) is 0 Å². The number of halogens is 2. The maximum absolute atomic E-state index is 6.87. The molecule has 0 amide bonds. The minimum Gasteiger partial charge on any atom is -0.322 e. The normalized spacial score (nSPS) is 11.4. The summed E-state index contributed by atoms with van der Waals surface area (Å²) in [5, 5.41) is 10.1. The Morgan fingerprint density at radius 3 is 2.00 bits per heavy atom. The molecular weight excluding hydrogens is 320 g/mol. The molecule has 0 aliphatic carbocycles. The van der Waals surface area contributed by atoms with Gasteiger partial charge < -0.3 is 5.84 Å². The summed E-state index contributed by atoms with van der Waals surface area (Å²) in [6.07, 6.45) is 0. The molecule has 0 heterocycles. The molecule has 0 bridgehead atoms. The van der Waals surface area contributed by atoms with Crippen LogP contribution in [0.1, 0.15) is 0 Å². The molecule has 0 aromatic rings. The molecule has 0 aliphatic rings. The third kappa shape index (κ3) is 3.21. The Balaban J connectivity index is 3.82. The van der Waals surface area contributed by atoms with Crippen molar-refractivity contribution in [3.63, 3.8) is 0 Å². The molecule has 0 atom stereocenters. The predicted molar refractivity (Wildman–Crippen MR) is 47.4 cm³/mol. The number of nitrogens with one attached hydrogen (secondary N) is 1. The average Bonchev–Trinajstić information content (AvgIpc) is 1.65. The molecule has 40 valence electrons. The van der Waals surface area contributed by atoms with Crippen LogP contribution in [0.25, 0.3) is 0 Å². The molecule has 3 N–H and O–H groups in total. The van der Waals surface area contributed by atoms with E-state index < -0.39 is 0 Å². The first kappa shape index (κ1) is 7.60. The van der Waals surface area contributed by atoms with E-state index in [0.29, 0.717) is 7.44 Å². The highest BCUT2D eigenvalue weighted by Crippen LogP contribution is 1.96. The second-order valence-electron chi connectivity index (χ2n) is 0.734. The fourth-order valence-corrected chi connectivity index (χ4v) is 0.196. The third-order valence-corrected chi connectivity index (χ3v) is 2.66. The lowest BCUT2D eigenvalue weighted by molar-refractivity contribution is 1.27. The summed E-state index contributed by atoms with van der Waals surface area (Å²) >= 11 is 3.72. The largest absolute Gasteiger partial charge is 0.322 e. The minimum absolute atomic E-state index is 0.376. The Labute approximate surface area is 68.5 Å². The van der Waals surface area contributed by atoms with Crippen LogP contribution < -0.4 is 5.84 Å². The molecular formula is C2H3I2N3. The number of nitrogens with two attached hydrogens (primary N) is 1. The van der Waals surface area contributed by atoms with Gasteiger partial charge in [-0.3, -0.25) is 5.41 Å². The summed E-state index contributed by atoms with van der Waals surface area (Å²) in [4.78, 5) is 0. The zero-order valence-corrected chi connectivity index (χ0v) is 7.60. The fraction of sp³-hybridized carbons (Fsp3) is 0. The first-order valence-corrected chi connectivity index (χ1v) is 3.52. The highest BCUT2D eigenvalue weighted by atomic mass is 127. The number of hydrogen-bond acceptors (Lipinski definition) is 3. The van der Waals surface area contributed by atoms with E-state index in [2.05, 4.69) is 5.10 Å². The maximum atomic E-state index is 6.87. The van der Waals surface area contributed by atoms with Crippen LogP contribution in [0.15, 0.2) is 5.10 Å². The molecule has 3 nitrogen and oxygen atoms in total. The van der Waals surface area contributed by atoms with Crippen LogP contribution in [-0.4, -0.2) is 7.44 Å². The van der Waals surface area contributed by atoms with Crippen molar-refractivity contribution in [3.05, 3.63) is 0 Å². The summed E-state index contributed by atoms with van der Waals surface area (Å²) < 4.78 is 0.916. The number of hydrogen-bond donors (Lipinski definition) is 2. The van der Waals surface area contributed by atoms with Crippen LogP contribution in [0, 0.1) is 5.41 Å². The van der Waals surface area contributed by atoms with Crippen LogP contribution in [0.2, 0.25) is 0 Å². The van der Waals surface area contributed by atoms with E-state index in [1.54, 1.807) is 0 Å². The molecule has 0 spiro atoms. The van der Waals surface area contributed by atoms with Crippen molar-refractivity contribution in [2.45, 2.75) is 0 Å². The minimum atomic E-state index is 0.376. The molecule has 0 rings (SSSR count). The smallest absolute Gasteiger partial charge is 0.151 e. The third-order valence-electron chi connectivity index (χ3n) is 0.294. The van der Waals surface area contributed by atoms with Gasteiger partial charge in [0.2, 0.25) is 0 Å². The van der Waals surface area contributed by atoms with Crippen molar-refractivity contribution in [3.8, 4) is 0 Å². The zero-order valence-electron chi connectivity index (χ0n) is 3.28. The molecule has 0 radical (unpaired) electrons. The van der Waals surface area contributed by atoms with Gasteiger partial charge in [-0.2, -0.15) is 5.10 Å². The van der Waals surface area contributed by atoms with Gasteiger partial charge in [-0.1, -0.05) is 0 Å². The van der Waals surface area contributed by atoms with Gasteiger partial charge in [-0.05, 0) is 45.2 Å². The summed E-state index contributed by atoms with van der Waals surface area (Å²) in [6, 6.07) is 0. The van der Waals surface area contributed by atoms with E-state index in [-0.39, 0.29) is 0 Å². The number of rotatable bonds is 1. The van der Waals surface area contributed by atoms with Gasteiger partial charge in [0, 0.05) is 0 Å². The van der Waals surface area contributed by atoms with Crippen LogP contribution in [0.3, 0.4) is 0 Å². The van der Waals surface area contributed by atoms with E-state index in [9.17, 15) is 0 Å². The second-order valence-corrected chi connectivity index (χ2v) is 2.83. The van der Waals surface area contributed by atoms with Crippen LogP contribution >= 0.6 is 45.2 Å². The molecule has 5 heteroatoms. The van der Waals surface area contributed by atoms with E-state index in [0.717, 1.165) is 0 Å². The van der Waals surface area contributed by atoms with Crippen molar-refractivity contribution in [1.82, 2.24) is 0 Å². The van der Waals surface area contributed by atoms with E-state index in [1.165, 1.54) is 0 Å². The maximum Gasteiger partial charge on any atom is 0.151 e. The van der Waals surface area contributed by atoms with Gasteiger partial charge in [-0.15, -0.1) is 0 Å². The number of hydrazone groups is 1. The Morgan fingerprint density at radius 2 is 2.00 bits per heavy atom. The lowest BCUT2D eigenvalue weighted by Gasteiger charge is -1.83. The van der Waals surface area contributed by atoms with Crippen LogP contribution in [0.4, 0.5) is 0 Å². The zero-order chi connectivity index (χ0) is 5.86. The average molecular weight is 323 g/mol. The quantitative estimate of drug-likeness (QED) is 0.323. The Kier molecular flexibility index (Phi) is 3.89. The molecule has 0 aromatic carbocycles. The summed E-state index contributed by atoms with van der Waals surface area (Å²) in [6.45, 7) is 0. The van der Waals surface area contributed by atoms with Gasteiger partial charge in [0.15, 0.2) is 3.72 Å². The van der Waals surface area contributed by atoms with Crippen molar-refractivity contribution in [1.29, 1.82) is 5.41 Å². The van der Waals surface area contributed by atoms with Gasteiger partial charge >= 0.3 is 0 Å². The number of nitrogens with zero attached hydrogens (tertiary/aromatic N) is 1. The van der Waals surface area contributed by atoms with Crippen LogP contribution in [0.5, 0.6) is 0 Å². The topological polar surface area (TPSA) is 62.2 Å². The molecule has 0 fully saturated rings. The first-order valence-electron chi connectivity index (χ1n) is 1.36. The molecule has 0 aliphatic heterocycles. The van der Waals surface area contributed by atoms with Gasteiger partial charge in [0.25, 0.3) is 0 Å². The highest BCUT2D eigenvalue weighted by Gasteiger charge is 1.92. The monoisotopic (exact) mass is 323 g/mol. The highest BCUT2D eigenvalue weighted by molar-refractivity contribution is 14.1. The Bertz CT molecular complexity index is 108. The van der Waals surface area contributed by atoms with E-state index in [4.69, 9.17) is 11.3 Å². The van der Waals surface area contributed by atoms with Gasteiger partial charge in [0.1, 0.15) is 3.72 Å². The van der Waals surface area contributed by atoms with Crippen LogP contribution in [-0.2, 0) is 0 Å². The Hall–Kier alpha value is 0.600. The lowest BCUT2D eigenvalue weighted by atomic mass is 10.8. The molecule has 0 unspecified atom stereocenters. The Morgan fingerprint density at radius 1 is 1.57 bits per heavy atom. The lowest BCUT2D eigenvalue weighted by Crippen LogP contribution is -1.98. The van der Waals surface area contributed by atoms with Crippen molar-refractivity contribution < 1.29 is 0 Å². The van der Waals surface area contributed by atoms with E-state index >= 15 is 0 Å². The molecule has 0 aromatic heterocycles. The first-order chi connectivity index (χ1) is 3.18. The molecule has 7 heavy (non-hydrogen) atoms. The standard InChI is InChI=1S/C2H3I2N3/c3-1(5)2(4)7-6/h5H,6H2/b5-1?,7-2+. The van der Waals surface area contributed by atoms with Crippen molar-refractivity contribution in [2.75, 3.05) is 0 Å².